The SMILES string of the molecule is CCC(CCO)NC(=O)NC1CC=CCC1. The lowest BCUT2D eigenvalue weighted by atomic mass is 10.0. The first-order valence-corrected chi connectivity index (χ1v) is 6.09. The Bertz CT molecular complexity index is 241. The molecule has 1 rings (SSSR count). The van der Waals surface area contributed by atoms with Crippen LogP contribution in [0.3, 0.4) is 0 Å². The van der Waals surface area contributed by atoms with Gasteiger partial charge in [-0.05, 0) is 32.1 Å². The predicted octanol–water partition coefficient (Wildman–Crippen LogP) is 1.56. The standard InChI is InChI=1S/C12H22N2O2/c1-2-10(8-9-15)13-12(16)14-11-6-4-3-5-7-11/h3-4,10-11,15H,2,5-9H2,1H3,(H2,13,14,16). The predicted molar refractivity (Wildman–Crippen MR) is 64.2 cm³/mol. The number of allylic oxidation sites excluding steroid dienone is 1. The van der Waals surface area contributed by atoms with Gasteiger partial charge in [-0.2, -0.15) is 0 Å². The molecule has 4 heteroatoms. The zero-order valence-corrected chi connectivity index (χ0v) is 9.91. The van der Waals surface area contributed by atoms with E-state index in [-0.39, 0.29) is 24.7 Å². The Kier molecular flexibility index (Phi) is 5.93. The molecule has 0 aliphatic heterocycles. The molecule has 0 radical (unpaired) electrons. The van der Waals surface area contributed by atoms with Crippen LogP contribution in [0.1, 0.15) is 39.0 Å². The van der Waals surface area contributed by atoms with E-state index in [4.69, 9.17) is 5.11 Å². The molecule has 16 heavy (non-hydrogen) atoms. The zero-order valence-electron chi connectivity index (χ0n) is 9.91. The number of rotatable bonds is 5. The molecule has 0 spiro atoms. The van der Waals surface area contributed by atoms with Gasteiger partial charge >= 0.3 is 6.03 Å². The van der Waals surface area contributed by atoms with E-state index in [1.165, 1.54) is 0 Å². The first kappa shape index (κ1) is 13.0. The molecule has 0 aromatic rings. The number of carbonyl (C=O) groups is 1. The Hall–Kier alpha value is -1.03. The topological polar surface area (TPSA) is 61.4 Å². The summed E-state index contributed by atoms with van der Waals surface area (Å²) in [5.74, 6) is 0. The number of aliphatic hydroxyl groups is 1. The fourth-order valence-electron chi connectivity index (χ4n) is 1.87. The summed E-state index contributed by atoms with van der Waals surface area (Å²) in [5, 5.41) is 14.7. The average Bonchev–Trinajstić information content (AvgIpc) is 2.29. The summed E-state index contributed by atoms with van der Waals surface area (Å²) in [5.41, 5.74) is 0. The van der Waals surface area contributed by atoms with Crippen LogP contribution in [-0.4, -0.2) is 29.8 Å². The van der Waals surface area contributed by atoms with E-state index in [0.717, 1.165) is 25.7 Å². The van der Waals surface area contributed by atoms with E-state index in [2.05, 4.69) is 22.8 Å². The summed E-state index contributed by atoms with van der Waals surface area (Å²) in [6.45, 7) is 2.12. The molecule has 4 nitrogen and oxygen atoms in total. The number of hydrogen-bond donors (Lipinski definition) is 3. The van der Waals surface area contributed by atoms with Gasteiger partial charge in [-0.1, -0.05) is 19.1 Å². The molecule has 2 atom stereocenters. The Morgan fingerprint density at radius 2 is 2.38 bits per heavy atom. The van der Waals surface area contributed by atoms with Crippen molar-refractivity contribution < 1.29 is 9.90 Å². The zero-order chi connectivity index (χ0) is 11.8. The number of nitrogens with one attached hydrogen (secondary N) is 2. The van der Waals surface area contributed by atoms with Gasteiger partial charge < -0.3 is 15.7 Å². The fraction of sp³-hybridized carbons (Fsp3) is 0.750. The van der Waals surface area contributed by atoms with Crippen LogP contribution in [0.2, 0.25) is 0 Å². The molecule has 0 saturated carbocycles. The van der Waals surface area contributed by atoms with E-state index in [0.29, 0.717) is 6.42 Å². The van der Waals surface area contributed by atoms with Crippen LogP contribution in [0, 0.1) is 0 Å². The molecule has 2 amide bonds. The van der Waals surface area contributed by atoms with Crippen LogP contribution in [-0.2, 0) is 0 Å². The van der Waals surface area contributed by atoms with E-state index in [9.17, 15) is 4.79 Å². The Morgan fingerprint density at radius 1 is 1.56 bits per heavy atom. The van der Waals surface area contributed by atoms with Crippen molar-refractivity contribution in [3.05, 3.63) is 12.2 Å². The largest absolute Gasteiger partial charge is 0.396 e. The quantitative estimate of drug-likeness (QED) is 0.623. The molecule has 92 valence electrons. The third-order valence-electron chi connectivity index (χ3n) is 2.91. The molecule has 3 N–H and O–H groups in total. The number of aliphatic hydroxyl groups excluding tert-OH is 1. The molecule has 0 aromatic heterocycles. The molecule has 0 fully saturated rings. The molecule has 1 aliphatic carbocycles. The van der Waals surface area contributed by atoms with Crippen LogP contribution in [0.5, 0.6) is 0 Å². The lowest BCUT2D eigenvalue weighted by Crippen LogP contribution is -2.46. The van der Waals surface area contributed by atoms with Gasteiger partial charge in [0.2, 0.25) is 0 Å². The highest BCUT2D eigenvalue weighted by Gasteiger charge is 2.14. The van der Waals surface area contributed by atoms with Gasteiger partial charge in [0.1, 0.15) is 0 Å². The van der Waals surface area contributed by atoms with Gasteiger partial charge in [-0.15, -0.1) is 0 Å². The summed E-state index contributed by atoms with van der Waals surface area (Å²) >= 11 is 0. The van der Waals surface area contributed by atoms with Gasteiger partial charge in [-0.3, -0.25) is 0 Å². The van der Waals surface area contributed by atoms with Gasteiger partial charge in [0.15, 0.2) is 0 Å². The first-order chi connectivity index (χ1) is 7.76. The van der Waals surface area contributed by atoms with Crippen molar-refractivity contribution in [1.29, 1.82) is 0 Å². The smallest absolute Gasteiger partial charge is 0.315 e. The second-order valence-electron chi connectivity index (χ2n) is 4.22. The number of hydrogen-bond acceptors (Lipinski definition) is 2. The van der Waals surface area contributed by atoms with E-state index in [1.54, 1.807) is 0 Å². The lowest BCUT2D eigenvalue weighted by Gasteiger charge is -2.22. The molecule has 0 saturated heterocycles. The molecule has 2 unspecified atom stereocenters. The monoisotopic (exact) mass is 226 g/mol. The summed E-state index contributed by atoms with van der Waals surface area (Å²) in [6.07, 6.45) is 8.70. The third kappa shape index (κ3) is 4.66. The van der Waals surface area contributed by atoms with Crippen molar-refractivity contribution >= 4 is 6.03 Å². The van der Waals surface area contributed by atoms with Crippen LogP contribution < -0.4 is 10.6 Å². The molecular weight excluding hydrogens is 204 g/mol. The Balaban J connectivity index is 2.25. The van der Waals surface area contributed by atoms with Crippen LogP contribution in [0.15, 0.2) is 12.2 Å². The summed E-state index contributed by atoms with van der Waals surface area (Å²) in [6, 6.07) is 0.223. The maximum atomic E-state index is 11.6. The maximum Gasteiger partial charge on any atom is 0.315 e. The van der Waals surface area contributed by atoms with E-state index < -0.39 is 0 Å². The summed E-state index contributed by atoms with van der Waals surface area (Å²) in [4.78, 5) is 11.6. The van der Waals surface area contributed by atoms with E-state index >= 15 is 0 Å². The summed E-state index contributed by atoms with van der Waals surface area (Å²) in [7, 11) is 0. The minimum Gasteiger partial charge on any atom is -0.396 e. The number of amides is 2. The second kappa shape index (κ2) is 7.28. The third-order valence-corrected chi connectivity index (χ3v) is 2.91. The van der Waals surface area contributed by atoms with Crippen molar-refractivity contribution in [2.45, 2.75) is 51.1 Å². The molecule has 0 bridgehead atoms. The number of carbonyl (C=O) groups excluding carboxylic acids is 1. The van der Waals surface area contributed by atoms with Crippen LogP contribution in [0.25, 0.3) is 0 Å². The molecule has 0 aromatic carbocycles. The maximum absolute atomic E-state index is 11.6. The minimum absolute atomic E-state index is 0.0733. The Morgan fingerprint density at radius 3 is 2.94 bits per heavy atom. The lowest BCUT2D eigenvalue weighted by molar-refractivity contribution is 0.224. The number of urea groups is 1. The van der Waals surface area contributed by atoms with Crippen molar-refractivity contribution in [2.75, 3.05) is 6.61 Å². The minimum atomic E-state index is -0.111. The Labute approximate surface area is 97.1 Å². The van der Waals surface area contributed by atoms with Crippen molar-refractivity contribution in [3.8, 4) is 0 Å². The van der Waals surface area contributed by atoms with Gasteiger partial charge in [0, 0.05) is 18.7 Å². The van der Waals surface area contributed by atoms with Crippen LogP contribution >= 0.6 is 0 Å². The first-order valence-electron chi connectivity index (χ1n) is 6.09. The van der Waals surface area contributed by atoms with Crippen molar-refractivity contribution in [2.24, 2.45) is 0 Å². The highest BCUT2D eigenvalue weighted by atomic mass is 16.3. The molecule has 0 heterocycles. The fourth-order valence-corrected chi connectivity index (χ4v) is 1.87. The second-order valence-corrected chi connectivity index (χ2v) is 4.22. The van der Waals surface area contributed by atoms with Crippen molar-refractivity contribution in [1.82, 2.24) is 10.6 Å². The average molecular weight is 226 g/mol. The van der Waals surface area contributed by atoms with E-state index in [1.807, 2.05) is 6.92 Å². The van der Waals surface area contributed by atoms with Gasteiger partial charge in [-0.25, -0.2) is 4.79 Å². The molecular formula is C12H22N2O2. The highest BCUT2D eigenvalue weighted by Crippen LogP contribution is 2.10. The van der Waals surface area contributed by atoms with Gasteiger partial charge in [0.25, 0.3) is 0 Å². The normalized spacial score (nSPS) is 21.5. The van der Waals surface area contributed by atoms with Crippen LogP contribution in [0.4, 0.5) is 4.79 Å². The summed E-state index contributed by atoms with van der Waals surface area (Å²) < 4.78 is 0. The highest BCUT2D eigenvalue weighted by molar-refractivity contribution is 5.74. The van der Waals surface area contributed by atoms with Gasteiger partial charge in [0.05, 0.1) is 0 Å². The molecule has 1 aliphatic rings. The van der Waals surface area contributed by atoms with Crippen molar-refractivity contribution in [3.63, 3.8) is 0 Å².